The number of nitrogens with two attached hydrogens (primary N) is 1. The van der Waals surface area contributed by atoms with Crippen LogP contribution < -0.4 is 11.3 Å². The Morgan fingerprint density at radius 2 is 1.76 bits per heavy atom. The molecule has 4 aromatic rings. The van der Waals surface area contributed by atoms with Crippen LogP contribution in [0.4, 0.5) is 5.69 Å². The lowest BCUT2D eigenvalue weighted by Gasteiger charge is -2.32. The maximum absolute atomic E-state index is 14.0. The predicted octanol–water partition coefficient (Wildman–Crippen LogP) is 6.33. The number of aromatic nitrogens is 2. The number of benzene rings is 2. The number of hydrogen-bond acceptors (Lipinski definition) is 5. The third-order valence-electron chi connectivity index (χ3n) is 6.24. The SMILES string of the molecule is Cc1ccc(N)cc1-n1c2c(cc(-c3nc(-c4ccc(Cl)cc4)cs3)c1=O)C(=O)CC(C)(C)C2. The van der Waals surface area contributed by atoms with E-state index in [0.717, 1.165) is 22.5 Å². The van der Waals surface area contributed by atoms with Crippen LogP contribution in [0.15, 0.2) is 58.7 Å². The Morgan fingerprint density at radius 1 is 1.03 bits per heavy atom. The van der Waals surface area contributed by atoms with E-state index in [1.165, 1.54) is 11.3 Å². The monoisotopic (exact) mass is 489 g/mol. The van der Waals surface area contributed by atoms with E-state index in [1.54, 1.807) is 16.7 Å². The molecule has 2 aromatic carbocycles. The van der Waals surface area contributed by atoms with Gasteiger partial charge in [0.1, 0.15) is 5.01 Å². The summed E-state index contributed by atoms with van der Waals surface area (Å²) in [5.41, 5.74) is 11.2. The molecule has 0 unspecified atom stereocenters. The van der Waals surface area contributed by atoms with E-state index >= 15 is 0 Å². The first kappa shape index (κ1) is 22.6. The summed E-state index contributed by atoms with van der Waals surface area (Å²) in [4.78, 5) is 31.9. The minimum atomic E-state index is -0.239. The van der Waals surface area contributed by atoms with Gasteiger partial charge in [0.2, 0.25) is 0 Å². The Labute approximate surface area is 206 Å². The summed E-state index contributed by atoms with van der Waals surface area (Å²) in [5, 5.41) is 3.14. The summed E-state index contributed by atoms with van der Waals surface area (Å²) in [7, 11) is 0. The molecule has 0 saturated heterocycles. The van der Waals surface area contributed by atoms with Crippen LogP contribution in [-0.2, 0) is 6.42 Å². The number of thiazole rings is 1. The Morgan fingerprint density at radius 3 is 2.50 bits per heavy atom. The molecule has 0 fully saturated rings. The standard InChI is InChI=1S/C27H24ClN3O2S/c1-15-4-9-18(29)10-22(15)31-23-12-27(2,3)13-24(32)19(23)11-20(26(31)33)25-30-21(14-34-25)16-5-7-17(28)8-6-16/h4-11,14H,12-13,29H2,1-3H3. The first-order chi connectivity index (χ1) is 16.1. The number of fused-ring (bicyclic) bond motifs is 1. The summed E-state index contributed by atoms with van der Waals surface area (Å²) < 4.78 is 1.68. The second-order valence-electron chi connectivity index (χ2n) is 9.59. The average molecular weight is 490 g/mol. The number of rotatable bonds is 3. The lowest BCUT2D eigenvalue weighted by atomic mass is 9.75. The first-order valence-electron chi connectivity index (χ1n) is 11.0. The minimum Gasteiger partial charge on any atom is -0.399 e. The van der Waals surface area contributed by atoms with Gasteiger partial charge < -0.3 is 5.73 Å². The van der Waals surface area contributed by atoms with Crippen LogP contribution in [0.25, 0.3) is 27.5 Å². The fourth-order valence-electron chi connectivity index (χ4n) is 4.54. The number of pyridine rings is 1. The second-order valence-corrected chi connectivity index (χ2v) is 10.9. The smallest absolute Gasteiger partial charge is 0.265 e. The van der Waals surface area contributed by atoms with Gasteiger partial charge in [-0.1, -0.05) is 43.6 Å². The molecule has 2 aromatic heterocycles. The minimum absolute atomic E-state index is 0.0392. The van der Waals surface area contributed by atoms with Gasteiger partial charge in [0.25, 0.3) is 5.56 Å². The number of carbonyl (C=O) groups excluding carboxylic acids is 1. The fourth-order valence-corrected chi connectivity index (χ4v) is 5.50. The molecule has 0 atom stereocenters. The summed E-state index contributed by atoms with van der Waals surface area (Å²) in [6.45, 7) is 6.06. The Balaban J connectivity index is 1.75. The zero-order chi connectivity index (χ0) is 24.2. The summed E-state index contributed by atoms with van der Waals surface area (Å²) in [6.07, 6.45) is 1.05. The molecule has 7 heteroatoms. The molecule has 172 valence electrons. The zero-order valence-corrected chi connectivity index (χ0v) is 20.8. The van der Waals surface area contributed by atoms with Gasteiger partial charge in [0.15, 0.2) is 5.78 Å². The van der Waals surface area contributed by atoms with Crippen molar-refractivity contribution in [3.8, 4) is 27.5 Å². The zero-order valence-electron chi connectivity index (χ0n) is 19.2. The van der Waals surface area contributed by atoms with E-state index in [-0.39, 0.29) is 16.8 Å². The first-order valence-corrected chi connectivity index (χ1v) is 12.3. The van der Waals surface area contributed by atoms with Crippen LogP contribution >= 0.6 is 22.9 Å². The number of halogens is 1. The van der Waals surface area contributed by atoms with Gasteiger partial charge in [0.05, 0.1) is 16.9 Å². The van der Waals surface area contributed by atoms with Crippen LogP contribution in [0, 0.1) is 12.3 Å². The summed E-state index contributed by atoms with van der Waals surface area (Å²) in [5.74, 6) is 0.0392. The molecule has 1 aliphatic rings. The molecule has 1 aliphatic carbocycles. The van der Waals surface area contributed by atoms with Gasteiger partial charge in [-0.25, -0.2) is 4.98 Å². The highest BCUT2D eigenvalue weighted by atomic mass is 35.5. The Kier molecular flexibility index (Phi) is 5.46. The van der Waals surface area contributed by atoms with Gasteiger partial charge in [-0.15, -0.1) is 11.3 Å². The van der Waals surface area contributed by atoms with E-state index in [2.05, 4.69) is 13.8 Å². The molecule has 0 amide bonds. The van der Waals surface area contributed by atoms with Crippen molar-refractivity contribution in [2.24, 2.45) is 5.41 Å². The normalized spacial score (nSPS) is 14.8. The number of nitrogen functional groups attached to an aromatic ring is 1. The van der Waals surface area contributed by atoms with E-state index in [0.29, 0.717) is 45.4 Å². The fraction of sp³-hybridized carbons (Fsp3) is 0.222. The molecule has 2 heterocycles. The van der Waals surface area contributed by atoms with Crippen molar-refractivity contribution in [2.75, 3.05) is 5.73 Å². The van der Waals surface area contributed by atoms with Crippen molar-refractivity contribution in [2.45, 2.75) is 33.6 Å². The number of carbonyl (C=O) groups is 1. The van der Waals surface area contributed by atoms with Crippen molar-refractivity contribution in [1.82, 2.24) is 9.55 Å². The van der Waals surface area contributed by atoms with E-state index in [1.807, 2.05) is 48.7 Å². The third kappa shape index (κ3) is 3.97. The molecular weight excluding hydrogens is 466 g/mol. The quantitative estimate of drug-likeness (QED) is 0.341. The van der Waals surface area contributed by atoms with Crippen molar-refractivity contribution >= 4 is 34.4 Å². The van der Waals surface area contributed by atoms with E-state index < -0.39 is 0 Å². The summed E-state index contributed by atoms with van der Waals surface area (Å²) >= 11 is 7.40. The van der Waals surface area contributed by atoms with Crippen molar-refractivity contribution in [1.29, 1.82) is 0 Å². The second kappa shape index (κ2) is 8.22. The number of hydrogen-bond donors (Lipinski definition) is 1. The van der Waals surface area contributed by atoms with Crippen molar-refractivity contribution in [3.05, 3.63) is 86.1 Å². The molecule has 0 aliphatic heterocycles. The molecule has 0 bridgehead atoms. The van der Waals surface area contributed by atoms with Gasteiger partial charge in [-0.3, -0.25) is 14.2 Å². The van der Waals surface area contributed by atoms with Crippen molar-refractivity contribution in [3.63, 3.8) is 0 Å². The molecule has 5 rings (SSSR count). The van der Waals surface area contributed by atoms with Crippen LogP contribution in [0.1, 0.15) is 41.9 Å². The maximum atomic E-state index is 14.0. The van der Waals surface area contributed by atoms with Crippen LogP contribution in [-0.4, -0.2) is 15.3 Å². The molecule has 0 spiro atoms. The van der Waals surface area contributed by atoms with Gasteiger partial charge in [-0.2, -0.15) is 0 Å². The Bertz CT molecular complexity index is 1500. The number of anilines is 1. The van der Waals surface area contributed by atoms with E-state index in [9.17, 15) is 9.59 Å². The maximum Gasteiger partial charge on any atom is 0.265 e. The van der Waals surface area contributed by atoms with Crippen LogP contribution in [0.5, 0.6) is 0 Å². The third-order valence-corrected chi connectivity index (χ3v) is 7.36. The van der Waals surface area contributed by atoms with Gasteiger partial charge in [-0.05, 0) is 54.7 Å². The number of ketones is 1. The molecule has 5 nitrogen and oxygen atoms in total. The molecule has 0 radical (unpaired) electrons. The van der Waals surface area contributed by atoms with Crippen LogP contribution in [0.2, 0.25) is 5.02 Å². The average Bonchev–Trinajstić information content (AvgIpc) is 3.25. The number of aryl methyl sites for hydroxylation is 1. The van der Waals surface area contributed by atoms with Crippen LogP contribution in [0.3, 0.4) is 0 Å². The highest BCUT2D eigenvalue weighted by molar-refractivity contribution is 7.13. The molecule has 0 saturated carbocycles. The molecule has 2 N–H and O–H groups in total. The van der Waals surface area contributed by atoms with Crippen molar-refractivity contribution < 1.29 is 4.79 Å². The highest BCUT2D eigenvalue weighted by Crippen LogP contribution is 2.37. The predicted molar refractivity (Wildman–Crippen MR) is 139 cm³/mol. The molecule has 34 heavy (non-hydrogen) atoms. The number of Topliss-reactive ketones (excluding diaryl/α,β-unsaturated/α-hetero) is 1. The molecular formula is C27H24ClN3O2S. The lowest BCUT2D eigenvalue weighted by molar-refractivity contribution is 0.0909. The Hall–Kier alpha value is -3.22. The van der Waals surface area contributed by atoms with Gasteiger partial charge in [0, 0.05) is 39.3 Å². The topological polar surface area (TPSA) is 78.0 Å². The van der Waals surface area contributed by atoms with Gasteiger partial charge >= 0.3 is 0 Å². The number of nitrogens with zero attached hydrogens (tertiary/aromatic N) is 2. The highest BCUT2D eigenvalue weighted by Gasteiger charge is 2.35. The summed E-state index contributed by atoms with van der Waals surface area (Å²) in [6, 6.07) is 14.7. The largest absolute Gasteiger partial charge is 0.399 e. The van der Waals surface area contributed by atoms with E-state index in [4.69, 9.17) is 22.3 Å². The lowest BCUT2D eigenvalue weighted by Crippen LogP contribution is -2.35.